The molecule has 1 aliphatic rings. The van der Waals surface area contributed by atoms with Crippen LogP contribution in [0.25, 0.3) is 0 Å². The van der Waals surface area contributed by atoms with Gasteiger partial charge in [-0.2, -0.15) is 0 Å². The zero-order chi connectivity index (χ0) is 16.8. The van der Waals surface area contributed by atoms with Crippen LogP contribution in [0.1, 0.15) is 5.56 Å². The zero-order valence-electron chi connectivity index (χ0n) is 12.7. The third kappa shape index (κ3) is 5.08. The SMILES string of the molecule is CNC(=S)N[C@H]1CO[C@H](COCc2ccc(F)cc2)[C@@H](O)[C@@H]1O. The van der Waals surface area contributed by atoms with E-state index in [0.29, 0.717) is 5.11 Å². The highest BCUT2D eigenvalue weighted by atomic mass is 32.1. The molecule has 1 saturated heterocycles. The highest BCUT2D eigenvalue weighted by Crippen LogP contribution is 2.17. The number of thiocarbonyl (C=S) groups is 1. The Hall–Kier alpha value is -1.32. The molecule has 6 nitrogen and oxygen atoms in total. The first-order valence-corrected chi connectivity index (χ1v) is 7.70. The molecule has 2 rings (SSSR count). The summed E-state index contributed by atoms with van der Waals surface area (Å²) < 4.78 is 23.8. The maximum absolute atomic E-state index is 12.8. The maximum Gasteiger partial charge on any atom is 0.166 e. The molecule has 1 fully saturated rings. The molecule has 0 bridgehead atoms. The zero-order valence-corrected chi connectivity index (χ0v) is 13.6. The van der Waals surface area contributed by atoms with E-state index in [1.807, 2.05) is 0 Å². The van der Waals surface area contributed by atoms with E-state index in [0.717, 1.165) is 5.56 Å². The number of nitrogens with one attached hydrogen (secondary N) is 2. The van der Waals surface area contributed by atoms with E-state index >= 15 is 0 Å². The van der Waals surface area contributed by atoms with Gasteiger partial charge in [-0.05, 0) is 29.9 Å². The Morgan fingerprint density at radius 2 is 2.04 bits per heavy atom. The lowest BCUT2D eigenvalue weighted by molar-refractivity contribution is -0.166. The molecular formula is C15H21FN2O4S. The van der Waals surface area contributed by atoms with Gasteiger partial charge in [-0.15, -0.1) is 0 Å². The lowest BCUT2D eigenvalue weighted by atomic mass is 9.98. The van der Waals surface area contributed by atoms with Gasteiger partial charge in [0, 0.05) is 7.05 Å². The monoisotopic (exact) mass is 344 g/mol. The average Bonchev–Trinajstić information content (AvgIpc) is 2.55. The molecule has 1 aromatic rings. The quantitative estimate of drug-likeness (QED) is 0.557. The summed E-state index contributed by atoms with van der Waals surface area (Å²) in [5.41, 5.74) is 0.816. The van der Waals surface area contributed by atoms with Crippen LogP contribution < -0.4 is 10.6 Å². The molecule has 1 aromatic carbocycles. The Morgan fingerprint density at radius 3 is 2.70 bits per heavy atom. The van der Waals surface area contributed by atoms with Crippen molar-refractivity contribution in [3.63, 3.8) is 0 Å². The van der Waals surface area contributed by atoms with Gasteiger partial charge in [0.25, 0.3) is 0 Å². The second-order valence-electron chi connectivity index (χ2n) is 5.32. The molecule has 1 heterocycles. The second-order valence-corrected chi connectivity index (χ2v) is 5.73. The number of ether oxygens (including phenoxy) is 2. The number of rotatable bonds is 5. The molecule has 23 heavy (non-hydrogen) atoms. The lowest BCUT2D eigenvalue weighted by Crippen LogP contribution is -2.61. The van der Waals surface area contributed by atoms with Gasteiger partial charge < -0.3 is 30.3 Å². The molecule has 0 amide bonds. The van der Waals surface area contributed by atoms with Crippen LogP contribution in [0.2, 0.25) is 0 Å². The van der Waals surface area contributed by atoms with Gasteiger partial charge >= 0.3 is 0 Å². The van der Waals surface area contributed by atoms with Crippen LogP contribution in [0.15, 0.2) is 24.3 Å². The van der Waals surface area contributed by atoms with Crippen molar-refractivity contribution in [2.24, 2.45) is 0 Å². The molecular weight excluding hydrogens is 323 g/mol. The first kappa shape index (κ1) is 18.0. The fourth-order valence-electron chi connectivity index (χ4n) is 2.27. The van der Waals surface area contributed by atoms with E-state index < -0.39 is 24.4 Å². The Labute approximate surface area is 139 Å². The highest BCUT2D eigenvalue weighted by Gasteiger charge is 2.38. The van der Waals surface area contributed by atoms with E-state index in [1.54, 1.807) is 19.2 Å². The predicted molar refractivity (Wildman–Crippen MR) is 86.4 cm³/mol. The summed E-state index contributed by atoms with van der Waals surface area (Å²) in [7, 11) is 1.66. The predicted octanol–water partition coefficient (Wildman–Crippen LogP) is -0.0746. The normalized spacial score (nSPS) is 27.5. The summed E-state index contributed by atoms with van der Waals surface area (Å²) in [6.07, 6.45) is -2.74. The van der Waals surface area contributed by atoms with Crippen molar-refractivity contribution in [3.8, 4) is 0 Å². The minimum absolute atomic E-state index is 0.124. The molecule has 128 valence electrons. The maximum atomic E-state index is 12.8. The summed E-state index contributed by atoms with van der Waals surface area (Å²) >= 11 is 4.97. The molecule has 1 aliphatic heterocycles. The smallest absolute Gasteiger partial charge is 0.166 e. The first-order chi connectivity index (χ1) is 11.0. The summed E-state index contributed by atoms with van der Waals surface area (Å²) in [6, 6.07) is 5.48. The fraction of sp³-hybridized carbons (Fsp3) is 0.533. The third-order valence-electron chi connectivity index (χ3n) is 3.64. The van der Waals surface area contributed by atoms with Gasteiger partial charge in [0.1, 0.15) is 24.1 Å². The van der Waals surface area contributed by atoms with Crippen molar-refractivity contribution in [2.45, 2.75) is 31.0 Å². The van der Waals surface area contributed by atoms with Crippen LogP contribution in [0.5, 0.6) is 0 Å². The van der Waals surface area contributed by atoms with Crippen molar-refractivity contribution >= 4 is 17.3 Å². The summed E-state index contributed by atoms with van der Waals surface area (Å²) in [6.45, 7) is 0.595. The van der Waals surface area contributed by atoms with Crippen LogP contribution >= 0.6 is 12.2 Å². The topological polar surface area (TPSA) is 83.0 Å². The van der Waals surface area contributed by atoms with Crippen molar-refractivity contribution < 1.29 is 24.1 Å². The second kappa shape index (κ2) is 8.51. The van der Waals surface area contributed by atoms with Crippen LogP contribution in [0.4, 0.5) is 4.39 Å². The van der Waals surface area contributed by atoms with Crippen molar-refractivity contribution in [3.05, 3.63) is 35.6 Å². The van der Waals surface area contributed by atoms with Crippen molar-refractivity contribution in [1.82, 2.24) is 10.6 Å². The molecule has 0 saturated carbocycles. The Kier molecular flexibility index (Phi) is 6.67. The number of halogens is 1. The molecule has 4 atom stereocenters. The van der Waals surface area contributed by atoms with Gasteiger partial charge in [-0.25, -0.2) is 4.39 Å². The molecule has 0 aliphatic carbocycles. The molecule has 0 aromatic heterocycles. The van der Waals surface area contributed by atoms with Gasteiger partial charge in [0.05, 0.1) is 25.9 Å². The van der Waals surface area contributed by atoms with Gasteiger partial charge in [-0.1, -0.05) is 12.1 Å². The number of aliphatic hydroxyl groups excluding tert-OH is 2. The Balaban J connectivity index is 1.78. The first-order valence-electron chi connectivity index (χ1n) is 7.29. The van der Waals surface area contributed by atoms with E-state index in [9.17, 15) is 14.6 Å². The molecule has 4 N–H and O–H groups in total. The minimum atomic E-state index is -1.09. The van der Waals surface area contributed by atoms with Crippen LogP contribution in [-0.2, 0) is 16.1 Å². The van der Waals surface area contributed by atoms with E-state index in [2.05, 4.69) is 10.6 Å². The highest BCUT2D eigenvalue weighted by molar-refractivity contribution is 7.80. The number of aliphatic hydroxyl groups is 2. The number of benzene rings is 1. The van der Waals surface area contributed by atoms with Crippen molar-refractivity contribution in [2.75, 3.05) is 20.3 Å². The Bertz CT molecular complexity index is 517. The van der Waals surface area contributed by atoms with Crippen LogP contribution in [0, 0.1) is 5.82 Å². The largest absolute Gasteiger partial charge is 0.388 e. The minimum Gasteiger partial charge on any atom is -0.388 e. The summed E-state index contributed by atoms with van der Waals surface area (Å²) in [4.78, 5) is 0. The number of hydrogen-bond donors (Lipinski definition) is 4. The van der Waals surface area contributed by atoms with Gasteiger partial charge in [-0.3, -0.25) is 0 Å². The van der Waals surface area contributed by atoms with Gasteiger partial charge in [0.15, 0.2) is 5.11 Å². The van der Waals surface area contributed by atoms with Crippen LogP contribution in [0.3, 0.4) is 0 Å². The molecule has 0 radical (unpaired) electrons. The van der Waals surface area contributed by atoms with Crippen LogP contribution in [-0.4, -0.2) is 59.9 Å². The van der Waals surface area contributed by atoms with Crippen molar-refractivity contribution in [1.29, 1.82) is 0 Å². The average molecular weight is 344 g/mol. The van der Waals surface area contributed by atoms with E-state index in [4.69, 9.17) is 21.7 Å². The Morgan fingerprint density at radius 1 is 1.35 bits per heavy atom. The fourth-order valence-corrected chi connectivity index (χ4v) is 2.42. The molecule has 0 unspecified atom stereocenters. The standard InChI is InChI=1S/C15H21FN2O4S/c1-17-15(23)18-11-7-22-12(14(20)13(11)19)8-21-6-9-2-4-10(16)5-3-9/h2-5,11-14,19-20H,6-8H2,1H3,(H2,17,18,23)/t11-,12+,13+,14+/m0/s1. The van der Waals surface area contributed by atoms with E-state index in [-0.39, 0.29) is 25.6 Å². The third-order valence-corrected chi connectivity index (χ3v) is 3.96. The van der Waals surface area contributed by atoms with Gasteiger partial charge in [0.2, 0.25) is 0 Å². The summed E-state index contributed by atoms with van der Waals surface area (Å²) in [5.74, 6) is -0.305. The number of hydrogen-bond acceptors (Lipinski definition) is 5. The molecule has 8 heteroatoms. The lowest BCUT2D eigenvalue weighted by Gasteiger charge is -2.38. The van der Waals surface area contributed by atoms with E-state index in [1.165, 1.54) is 12.1 Å². The summed E-state index contributed by atoms with van der Waals surface area (Å²) in [5, 5.41) is 26.2. The molecule has 0 spiro atoms.